The van der Waals surface area contributed by atoms with Crippen LogP contribution >= 0.6 is 0 Å². The summed E-state index contributed by atoms with van der Waals surface area (Å²) in [5.74, 6) is 0. The molecule has 0 aromatic rings. The molecule has 0 atom stereocenters. The first-order chi connectivity index (χ1) is 5.40. The number of rotatable bonds is 2. The summed E-state index contributed by atoms with van der Waals surface area (Å²) in [6.07, 6.45) is 1.27. The van der Waals surface area contributed by atoms with Crippen molar-refractivity contribution in [1.82, 2.24) is 0 Å². The van der Waals surface area contributed by atoms with Gasteiger partial charge >= 0.3 is 0 Å². The SMILES string of the molecule is O=CC1=C=C(C2OCCO2)C1. The first-order valence-electron chi connectivity index (χ1n) is 3.57. The molecule has 2 rings (SSSR count). The van der Waals surface area contributed by atoms with Gasteiger partial charge in [-0.15, -0.1) is 5.73 Å². The lowest BCUT2D eigenvalue weighted by Gasteiger charge is -2.16. The van der Waals surface area contributed by atoms with E-state index in [1.165, 1.54) is 0 Å². The van der Waals surface area contributed by atoms with Crippen molar-refractivity contribution in [2.75, 3.05) is 13.2 Å². The molecule has 2 aliphatic rings. The smallest absolute Gasteiger partial charge is 0.187 e. The Morgan fingerprint density at radius 3 is 2.64 bits per heavy atom. The summed E-state index contributed by atoms with van der Waals surface area (Å²) in [4.78, 5) is 10.2. The zero-order valence-electron chi connectivity index (χ0n) is 6.00. The van der Waals surface area contributed by atoms with Gasteiger partial charge in [-0.3, -0.25) is 4.79 Å². The van der Waals surface area contributed by atoms with Gasteiger partial charge in [0, 0.05) is 17.6 Å². The summed E-state index contributed by atoms with van der Waals surface area (Å²) >= 11 is 0. The number of aldehydes is 1. The summed E-state index contributed by atoms with van der Waals surface area (Å²) in [6.45, 7) is 1.29. The van der Waals surface area contributed by atoms with Gasteiger partial charge in [0.05, 0.1) is 13.2 Å². The van der Waals surface area contributed by atoms with Crippen LogP contribution < -0.4 is 0 Å². The third-order valence-corrected chi connectivity index (χ3v) is 1.75. The van der Waals surface area contributed by atoms with E-state index in [0.29, 0.717) is 25.2 Å². The summed E-state index contributed by atoms with van der Waals surface area (Å²) in [5, 5.41) is 0. The van der Waals surface area contributed by atoms with Crippen molar-refractivity contribution in [3.05, 3.63) is 16.9 Å². The minimum atomic E-state index is -0.223. The van der Waals surface area contributed by atoms with E-state index in [2.05, 4.69) is 5.73 Å². The molecule has 0 saturated carbocycles. The van der Waals surface area contributed by atoms with Crippen LogP contribution in [0.4, 0.5) is 0 Å². The van der Waals surface area contributed by atoms with Crippen LogP contribution in [0.5, 0.6) is 0 Å². The molecule has 11 heavy (non-hydrogen) atoms. The van der Waals surface area contributed by atoms with Gasteiger partial charge in [-0.05, 0) is 0 Å². The van der Waals surface area contributed by atoms with Gasteiger partial charge in [-0.1, -0.05) is 0 Å². The van der Waals surface area contributed by atoms with Crippen LogP contribution in [0.3, 0.4) is 0 Å². The number of carbonyl (C=O) groups is 1. The number of carbonyl (C=O) groups excluding carboxylic acids is 1. The maximum atomic E-state index is 10.2. The quantitative estimate of drug-likeness (QED) is 0.424. The molecule has 0 unspecified atom stereocenters. The van der Waals surface area contributed by atoms with Crippen LogP contribution in [0.2, 0.25) is 0 Å². The molecule has 0 bridgehead atoms. The number of hydrogen-bond acceptors (Lipinski definition) is 3. The normalized spacial score (nSPS) is 24.0. The lowest BCUT2D eigenvalue weighted by atomic mass is 9.98. The van der Waals surface area contributed by atoms with Crippen LogP contribution in [0, 0.1) is 0 Å². The Bertz CT molecular complexity index is 242. The van der Waals surface area contributed by atoms with Crippen LogP contribution in [0.25, 0.3) is 0 Å². The number of ether oxygens (including phenoxy) is 2. The Kier molecular flexibility index (Phi) is 1.62. The highest BCUT2D eigenvalue weighted by molar-refractivity contribution is 5.76. The first kappa shape index (κ1) is 6.80. The van der Waals surface area contributed by atoms with E-state index < -0.39 is 0 Å². The van der Waals surface area contributed by atoms with E-state index in [-0.39, 0.29) is 6.29 Å². The van der Waals surface area contributed by atoms with Crippen LogP contribution in [0.1, 0.15) is 6.42 Å². The molecule has 3 nitrogen and oxygen atoms in total. The van der Waals surface area contributed by atoms with E-state index in [9.17, 15) is 4.79 Å². The van der Waals surface area contributed by atoms with Gasteiger partial charge in [0.15, 0.2) is 12.6 Å². The molecule has 1 saturated heterocycles. The summed E-state index contributed by atoms with van der Waals surface area (Å²) in [5.41, 5.74) is 4.56. The monoisotopic (exact) mass is 152 g/mol. The fourth-order valence-corrected chi connectivity index (χ4v) is 1.17. The summed E-state index contributed by atoms with van der Waals surface area (Å²) in [6, 6.07) is 0. The fourth-order valence-electron chi connectivity index (χ4n) is 1.17. The van der Waals surface area contributed by atoms with E-state index >= 15 is 0 Å². The molecule has 0 amide bonds. The molecule has 1 aliphatic carbocycles. The standard InChI is InChI=1S/C8H8O3/c9-5-6-3-7(4-6)8-10-1-2-11-8/h5,8H,1-3H2. The van der Waals surface area contributed by atoms with Gasteiger partial charge < -0.3 is 9.47 Å². The zero-order chi connectivity index (χ0) is 7.68. The van der Waals surface area contributed by atoms with Crippen molar-refractivity contribution in [3.63, 3.8) is 0 Å². The molecule has 1 aliphatic heterocycles. The Balaban J connectivity index is 2.08. The van der Waals surface area contributed by atoms with Crippen molar-refractivity contribution < 1.29 is 14.3 Å². The second-order valence-corrected chi connectivity index (χ2v) is 2.54. The maximum Gasteiger partial charge on any atom is 0.187 e. The van der Waals surface area contributed by atoms with E-state index in [4.69, 9.17) is 9.47 Å². The Labute approximate surface area is 64.3 Å². The zero-order valence-corrected chi connectivity index (χ0v) is 6.00. The van der Waals surface area contributed by atoms with Crippen molar-refractivity contribution in [2.45, 2.75) is 12.7 Å². The molecule has 58 valence electrons. The van der Waals surface area contributed by atoms with E-state index in [1.54, 1.807) is 0 Å². The van der Waals surface area contributed by atoms with E-state index in [0.717, 1.165) is 11.9 Å². The lowest BCUT2D eigenvalue weighted by molar-refractivity contribution is -0.105. The number of hydrogen-bond donors (Lipinski definition) is 0. The largest absolute Gasteiger partial charge is 0.346 e. The first-order valence-corrected chi connectivity index (χ1v) is 3.57. The molecular weight excluding hydrogens is 144 g/mol. The molecule has 0 spiro atoms. The van der Waals surface area contributed by atoms with Crippen LogP contribution in [-0.4, -0.2) is 25.8 Å². The van der Waals surface area contributed by atoms with E-state index in [1.807, 2.05) is 0 Å². The average molecular weight is 152 g/mol. The summed E-state index contributed by atoms with van der Waals surface area (Å²) < 4.78 is 10.4. The molecular formula is C8H8O3. The van der Waals surface area contributed by atoms with Crippen molar-refractivity contribution in [3.8, 4) is 0 Å². The van der Waals surface area contributed by atoms with Gasteiger partial charge in [0.25, 0.3) is 0 Å². The molecule has 1 heterocycles. The highest BCUT2D eigenvalue weighted by Gasteiger charge is 2.25. The van der Waals surface area contributed by atoms with Crippen LogP contribution in [-0.2, 0) is 14.3 Å². The Morgan fingerprint density at radius 1 is 1.45 bits per heavy atom. The lowest BCUT2D eigenvalue weighted by Crippen LogP contribution is -2.15. The van der Waals surface area contributed by atoms with Gasteiger partial charge in [0.2, 0.25) is 0 Å². The maximum absolute atomic E-state index is 10.2. The minimum Gasteiger partial charge on any atom is -0.346 e. The van der Waals surface area contributed by atoms with Gasteiger partial charge in [-0.25, -0.2) is 0 Å². The van der Waals surface area contributed by atoms with Gasteiger partial charge in [-0.2, -0.15) is 0 Å². The Morgan fingerprint density at radius 2 is 2.09 bits per heavy atom. The van der Waals surface area contributed by atoms with Gasteiger partial charge in [0.1, 0.15) is 0 Å². The second kappa shape index (κ2) is 2.62. The third-order valence-electron chi connectivity index (χ3n) is 1.75. The van der Waals surface area contributed by atoms with Crippen LogP contribution in [0.15, 0.2) is 16.9 Å². The highest BCUT2D eigenvalue weighted by Crippen LogP contribution is 2.25. The van der Waals surface area contributed by atoms with Crippen molar-refractivity contribution in [1.29, 1.82) is 0 Å². The third kappa shape index (κ3) is 1.14. The minimum absolute atomic E-state index is 0.223. The summed E-state index contributed by atoms with van der Waals surface area (Å²) in [7, 11) is 0. The average Bonchev–Trinajstić information content (AvgIpc) is 2.37. The topological polar surface area (TPSA) is 35.5 Å². The molecule has 3 heteroatoms. The second-order valence-electron chi connectivity index (χ2n) is 2.54. The fraction of sp³-hybridized carbons (Fsp3) is 0.500. The molecule has 0 radical (unpaired) electrons. The van der Waals surface area contributed by atoms with Crippen molar-refractivity contribution in [2.24, 2.45) is 0 Å². The predicted molar refractivity (Wildman–Crippen MR) is 36.9 cm³/mol. The highest BCUT2D eigenvalue weighted by atomic mass is 16.7. The molecule has 1 fully saturated rings. The molecule has 0 aromatic carbocycles. The predicted octanol–water partition coefficient (Wildman–Crippen LogP) is 0.414. The van der Waals surface area contributed by atoms with Crippen molar-refractivity contribution >= 4 is 6.29 Å². The Hall–Kier alpha value is -0.890. The molecule has 0 N–H and O–H groups in total. The molecule has 0 aromatic heterocycles.